The third-order valence-electron chi connectivity index (χ3n) is 5.16. The predicted octanol–water partition coefficient (Wildman–Crippen LogP) is 2.64. The van der Waals surface area contributed by atoms with Gasteiger partial charge in [-0.05, 0) is 25.1 Å². The fraction of sp³-hybridized carbons (Fsp3) is 0.400. The first-order chi connectivity index (χ1) is 14.9. The standard InChI is InChI=1S/C20H22F3N3O5S/c1-13-12-25(17-7-6-15(11-24-17)20(21,22)23)8-9-26(13)32(29,30)16-5-3-4-14(10-18(27)28)19(16)31-2/h3-7,11,13H,8-10,12H2,1-2H3,(H,27,28). The fourth-order valence-corrected chi connectivity index (χ4v) is 5.49. The molecule has 1 aromatic heterocycles. The maximum absolute atomic E-state index is 13.4. The maximum atomic E-state index is 13.4. The molecular weight excluding hydrogens is 451 g/mol. The number of piperazine rings is 1. The summed E-state index contributed by atoms with van der Waals surface area (Å²) < 4.78 is 71.5. The van der Waals surface area contributed by atoms with Crippen LogP contribution in [-0.2, 0) is 27.4 Å². The highest BCUT2D eigenvalue weighted by Crippen LogP contribution is 2.33. The van der Waals surface area contributed by atoms with Crippen LogP contribution >= 0.6 is 0 Å². The van der Waals surface area contributed by atoms with Crippen LogP contribution in [0.15, 0.2) is 41.4 Å². The Hall–Kier alpha value is -2.86. The van der Waals surface area contributed by atoms with Gasteiger partial charge in [0.2, 0.25) is 10.0 Å². The van der Waals surface area contributed by atoms with Gasteiger partial charge in [0.25, 0.3) is 0 Å². The number of carbonyl (C=O) groups is 1. The molecule has 1 atom stereocenters. The number of alkyl halides is 3. The minimum Gasteiger partial charge on any atom is -0.495 e. The molecule has 1 fully saturated rings. The van der Waals surface area contributed by atoms with Crippen molar-refractivity contribution in [3.05, 3.63) is 47.7 Å². The van der Waals surface area contributed by atoms with Crippen molar-refractivity contribution < 1.29 is 36.2 Å². The Morgan fingerprint density at radius 2 is 1.97 bits per heavy atom. The van der Waals surface area contributed by atoms with Crippen LogP contribution < -0.4 is 9.64 Å². The average molecular weight is 473 g/mol. The third-order valence-corrected chi connectivity index (χ3v) is 7.20. The fourth-order valence-electron chi connectivity index (χ4n) is 3.67. The number of nitrogens with zero attached hydrogens (tertiary/aromatic N) is 3. The molecule has 174 valence electrons. The van der Waals surface area contributed by atoms with E-state index in [9.17, 15) is 26.4 Å². The summed E-state index contributed by atoms with van der Waals surface area (Å²) in [4.78, 5) is 16.6. The van der Waals surface area contributed by atoms with Crippen LogP contribution in [0.25, 0.3) is 0 Å². The molecule has 0 saturated carbocycles. The lowest BCUT2D eigenvalue weighted by Gasteiger charge is -2.39. The Morgan fingerprint density at radius 1 is 1.25 bits per heavy atom. The molecule has 2 aromatic rings. The summed E-state index contributed by atoms with van der Waals surface area (Å²) in [5, 5.41) is 9.08. The number of benzene rings is 1. The Balaban J connectivity index is 1.83. The van der Waals surface area contributed by atoms with E-state index in [1.165, 1.54) is 35.7 Å². The second kappa shape index (κ2) is 8.94. The minimum atomic E-state index is -4.49. The predicted molar refractivity (Wildman–Crippen MR) is 109 cm³/mol. The number of methoxy groups -OCH3 is 1. The number of hydrogen-bond donors (Lipinski definition) is 1. The highest BCUT2D eigenvalue weighted by atomic mass is 32.2. The first-order valence-corrected chi connectivity index (χ1v) is 11.1. The lowest BCUT2D eigenvalue weighted by Crippen LogP contribution is -2.54. The smallest absolute Gasteiger partial charge is 0.417 e. The first-order valence-electron chi connectivity index (χ1n) is 9.63. The minimum absolute atomic E-state index is 0.0195. The van der Waals surface area contributed by atoms with E-state index in [1.54, 1.807) is 11.8 Å². The Morgan fingerprint density at radius 3 is 2.50 bits per heavy atom. The van der Waals surface area contributed by atoms with E-state index in [-0.39, 0.29) is 35.8 Å². The van der Waals surface area contributed by atoms with Crippen LogP contribution in [0.2, 0.25) is 0 Å². The quantitative estimate of drug-likeness (QED) is 0.689. The van der Waals surface area contributed by atoms with Gasteiger partial charge in [-0.15, -0.1) is 0 Å². The van der Waals surface area contributed by atoms with E-state index in [0.717, 1.165) is 12.3 Å². The summed E-state index contributed by atoms with van der Waals surface area (Å²) in [6.07, 6.45) is -4.13. The Bertz CT molecular complexity index is 1090. The zero-order valence-electron chi connectivity index (χ0n) is 17.3. The molecule has 1 aliphatic rings. The summed E-state index contributed by atoms with van der Waals surface area (Å²) >= 11 is 0. The number of para-hydroxylation sites is 1. The largest absolute Gasteiger partial charge is 0.495 e. The van der Waals surface area contributed by atoms with Gasteiger partial charge in [0.15, 0.2) is 0 Å². The zero-order valence-corrected chi connectivity index (χ0v) is 18.2. The summed E-state index contributed by atoms with van der Waals surface area (Å²) in [7, 11) is -2.75. The van der Waals surface area contributed by atoms with Crippen LogP contribution in [0.4, 0.5) is 19.0 Å². The summed E-state index contributed by atoms with van der Waals surface area (Å²) in [6.45, 7) is 2.19. The van der Waals surface area contributed by atoms with Crippen LogP contribution in [0.5, 0.6) is 5.75 Å². The van der Waals surface area contributed by atoms with E-state index in [1.807, 2.05) is 0 Å². The molecule has 0 spiro atoms. The number of pyridine rings is 1. The van der Waals surface area contributed by atoms with Crippen molar-refractivity contribution >= 4 is 21.8 Å². The molecule has 1 aliphatic heterocycles. The van der Waals surface area contributed by atoms with Crippen molar-refractivity contribution in [1.82, 2.24) is 9.29 Å². The van der Waals surface area contributed by atoms with Crippen molar-refractivity contribution in [3.8, 4) is 5.75 Å². The molecule has 0 amide bonds. The highest BCUT2D eigenvalue weighted by molar-refractivity contribution is 7.89. The number of carboxylic acids is 1. The van der Waals surface area contributed by atoms with Gasteiger partial charge in [-0.25, -0.2) is 13.4 Å². The molecule has 1 N–H and O–H groups in total. The number of aliphatic carboxylic acids is 1. The lowest BCUT2D eigenvalue weighted by atomic mass is 10.1. The molecule has 12 heteroatoms. The van der Waals surface area contributed by atoms with Gasteiger partial charge < -0.3 is 14.7 Å². The van der Waals surface area contributed by atoms with Gasteiger partial charge in [-0.1, -0.05) is 12.1 Å². The number of rotatable bonds is 6. The van der Waals surface area contributed by atoms with Crippen LogP contribution in [0.1, 0.15) is 18.1 Å². The molecule has 32 heavy (non-hydrogen) atoms. The second-order valence-electron chi connectivity index (χ2n) is 7.33. The molecule has 0 radical (unpaired) electrons. The average Bonchev–Trinajstić information content (AvgIpc) is 2.72. The molecule has 1 unspecified atom stereocenters. The van der Waals surface area contributed by atoms with E-state index < -0.39 is 40.2 Å². The number of halogens is 3. The number of ether oxygens (including phenoxy) is 1. The Labute approximate surface area is 183 Å². The molecule has 1 saturated heterocycles. The topological polar surface area (TPSA) is 100 Å². The number of aromatic nitrogens is 1. The third kappa shape index (κ3) is 4.80. The van der Waals surface area contributed by atoms with Crippen LogP contribution in [0.3, 0.4) is 0 Å². The molecule has 0 bridgehead atoms. The lowest BCUT2D eigenvalue weighted by molar-refractivity contribution is -0.138. The molecule has 3 rings (SSSR count). The molecule has 1 aromatic carbocycles. The molecule has 0 aliphatic carbocycles. The van der Waals surface area contributed by atoms with E-state index >= 15 is 0 Å². The number of hydrogen-bond acceptors (Lipinski definition) is 6. The molecule has 2 heterocycles. The second-order valence-corrected chi connectivity index (χ2v) is 9.19. The summed E-state index contributed by atoms with van der Waals surface area (Å²) in [5.74, 6) is -0.819. The van der Waals surface area contributed by atoms with Gasteiger partial charge in [-0.3, -0.25) is 4.79 Å². The monoisotopic (exact) mass is 473 g/mol. The number of anilines is 1. The molecular formula is C20H22F3N3O5S. The zero-order chi connectivity index (χ0) is 23.7. The Kier molecular flexibility index (Phi) is 6.65. The normalized spacial score (nSPS) is 17.9. The van der Waals surface area contributed by atoms with E-state index in [0.29, 0.717) is 5.82 Å². The van der Waals surface area contributed by atoms with Crippen molar-refractivity contribution in [3.63, 3.8) is 0 Å². The highest BCUT2D eigenvalue weighted by Gasteiger charge is 2.37. The number of sulfonamides is 1. The summed E-state index contributed by atoms with van der Waals surface area (Å²) in [6, 6.07) is 5.98. The van der Waals surface area contributed by atoms with Crippen molar-refractivity contribution in [2.45, 2.75) is 30.5 Å². The van der Waals surface area contributed by atoms with Gasteiger partial charge in [0.05, 0.1) is 19.1 Å². The molecule has 8 nitrogen and oxygen atoms in total. The number of carboxylic acid groups (broad SMARTS) is 1. The van der Waals surface area contributed by atoms with E-state index in [4.69, 9.17) is 9.84 Å². The van der Waals surface area contributed by atoms with Crippen molar-refractivity contribution in [2.75, 3.05) is 31.6 Å². The van der Waals surface area contributed by atoms with Crippen LogP contribution in [0, 0.1) is 0 Å². The first kappa shape index (κ1) is 23.8. The van der Waals surface area contributed by atoms with Crippen molar-refractivity contribution in [1.29, 1.82) is 0 Å². The van der Waals surface area contributed by atoms with Gasteiger partial charge in [0, 0.05) is 37.4 Å². The summed E-state index contributed by atoms with van der Waals surface area (Å²) in [5.41, 5.74) is -0.620. The van der Waals surface area contributed by atoms with Gasteiger partial charge in [-0.2, -0.15) is 17.5 Å². The SMILES string of the molecule is COc1c(CC(=O)O)cccc1S(=O)(=O)N1CCN(c2ccc(C(F)(F)F)cn2)CC1C. The van der Waals surface area contributed by atoms with Gasteiger partial charge in [0.1, 0.15) is 16.5 Å². The maximum Gasteiger partial charge on any atom is 0.417 e. The van der Waals surface area contributed by atoms with Gasteiger partial charge >= 0.3 is 12.1 Å². The van der Waals surface area contributed by atoms with E-state index in [2.05, 4.69) is 4.98 Å². The van der Waals surface area contributed by atoms with Crippen LogP contribution in [-0.4, -0.2) is 61.6 Å². The van der Waals surface area contributed by atoms with Crippen molar-refractivity contribution in [2.24, 2.45) is 0 Å².